The Hall–Kier alpha value is -1.34. The van der Waals surface area contributed by atoms with E-state index in [1.54, 1.807) is 17.0 Å². The monoisotopic (exact) mass is 401 g/mol. The number of likely N-dealkylation sites (tertiary alicyclic amines) is 1. The predicted octanol–water partition coefficient (Wildman–Crippen LogP) is 1.95. The summed E-state index contributed by atoms with van der Waals surface area (Å²) in [6, 6.07) is 7.19. The van der Waals surface area contributed by atoms with Crippen molar-refractivity contribution in [1.82, 2.24) is 15.5 Å². The first-order valence-electron chi connectivity index (χ1n) is 8.79. The summed E-state index contributed by atoms with van der Waals surface area (Å²) in [4.78, 5) is 24.7. The molecule has 0 bridgehead atoms. The van der Waals surface area contributed by atoms with Gasteiger partial charge in [0.15, 0.2) is 0 Å². The van der Waals surface area contributed by atoms with Crippen molar-refractivity contribution in [3.63, 3.8) is 0 Å². The van der Waals surface area contributed by atoms with Crippen LogP contribution in [0.5, 0.6) is 0 Å². The van der Waals surface area contributed by atoms with E-state index in [1.807, 2.05) is 12.1 Å². The summed E-state index contributed by atoms with van der Waals surface area (Å²) in [7, 11) is 0. The van der Waals surface area contributed by atoms with Crippen molar-refractivity contribution in [2.24, 2.45) is 5.92 Å². The van der Waals surface area contributed by atoms with Gasteiger partial charge in [0.05, 0.1) is 29.8 Å². The van der Waals surface area contributed by atoms with Gasteiger partial charge in [0.2, 0.25) is 11.8 Å². The lowest BCUT2D eigenvalue weighted by molar-refractivity contribution is -0.133. The zero-order chi connectivity index (χ0) is 18.8. The second kappa shape index (κ2) is 11.4. The molecule has 3 rings (SSSR count). The van der Waals surface area contributed by atoms with Crippen LogP contribution in [0.1, 0.15) is 12.8 Å². The topological polar surface area (TPSA) is 70.7 Å². The third kappa shape index (κ3) is 7.50. The Morgan fingerprint density at radius 2 is 2.04 bits per heavy atom. The molecular formula is C18H25Cl2N3O3. The summed E-state index contributed by atoms with van der Waals surface area (Å²) < 4.78 is 5.41. The lowest BCUT2D eigenvalue weighted by atomic mass is 10.1. The van der Waals surface area contributed by atoms with Crippen LogP contribution in [-0.2, 0) is 14.3 Å². The fraction of sp³-hybridized carbons (Fsp3) is 0.556. The van der Waals surface area contributed by atoms with Gasteiger partial charge in [-0.1, -0.05) is 35.3 Å². The number of carbonyl (C=O) groups excluding carboxylic acids is 2. The molecular weight excluding hydrogens is 377 g/mol. The number of ether oxygens (including phenoxy) is 1. The van der Waals surface area contributed by atoms with Crippen molar-refractivity contribution in [2.75, 3.05) is 45.9 Å². The molecule has 1 atom stereocenters. The van der Waals surface area contributed by atoms with E-state index in [-0.39, 0.29) is 18.4 Å². The molecule has 1 aromatic rings. The van der Waals surface area contributed by atoms with Crippen LogP contribution < -0.4 is 10.6 Å². The highest BCUT2D eigenvalue weighted by atomic mass is 35.5. The third-order valence-corrected chi connectivity index (χ3v) is 4.88. The fourth-order valence-corrected chi connectivity index (χ4v) is 2.96. The van der Waals surface area contributed by atoms with Crippen molar-refractivity contribution >= 4 is 35.0 Å². The van der Waals surface area contributed by atoms with Crippen LogP contribution in [0, 0.1) is 5.92 Å². The quantitative estimate of drug-likeness (QED) is 0.808. The van der Waals surface area contributed by atoms with Crippen molar-refractivity contribution in [3.8, 4) is 0 Å². The highest BCUT2D eigenvalue weighted by Gasteiger charge is 2.22. The number of benzene rings is 1. The van der Waals surface area contributed by atoms with Gasteiger partial charge in [-0.05, 0) is 18.6 Å². The van der Waals surface area contributed by atoms with Gasteiger partial charge in [0.25, 0.3) is 0 Å². The average Bonchev–Trinajstić information content (AvgIpc) is 2.87. The summed E-state index contributed by atoms with van der Waals surface area (Å²) in [6.07, 6.45) is 1.44. The first-order chi connectivity index (χ1) is 12.6. The second-order valence-electron chi connectivity index (χ2n) is 6.28. The number of amides is 2. The molecule has 0 radical (unpaired) electrons. The summed E-state index contributed by atoms with van der Waals surface area (Å²) in [5.74, 6) is 0.324. The first kappa shape index (κ1) is 21.0. The predicted molar refractivity (Wildman–Crippen MR) is 102 cm³/mol. The third-order valence-electron chi connectivity index (χ3n) is 4.13. The smallest absolute Gasteiger partial charge is 0.239 e. The van der Waals surface area contributed by atoms with Gasteiger partial charge in [-0.15, -0.1) is 0 Å². The fourth-order valence-electron chi connectivity index (χ4n) is 2.69. The molecule has 6 nitrogen and oxygen atoms in total. The average molecular weight is 402 g/mol. The van der Waals surface area contributed by atoms with Crippen molar-refractivity contribution in [1.29, 1.82) is 0 Å². The number of rotatable bonds is 4. The lowest BCUT2D eigenvalue weighted by Gasteiger charge is -2.18. The van der Waals surface area contributed by atoms with Gasteiger partial charge >= 0.3 is 0 Å². The van der Waals surface area contributed by atoms with Crippen molar-refractivity contribution in [3.05, 3.63) is 34.3 Å². The van der Waals surface area contributed by atoms with Crippen LogP contribution in [0.15, 0.2) is 24.3 Å². The summed E-state index contributed by atoms with van der Waals surface area (Å²) >= 11 is 11.2. The van der Waals surface area contributed by atoms with Crippen LogP contribution in [0.3, 0.4) is 0 Å². The Labute approximate surface area is 164 Å². The number of hydrogen-bond acceptors (Lipinski definition) is 4. The van der Waals surface area contributed by atoms with Gasteiger partial charge in [-0.3, -0.25) is 9.59 Å². The maximum Gasteiger partial charge on any atom is 0.239 e. The van der Waals surface area contributed by atoms with E-state index in [0.717, 1.165) is 26.1 Å². The van der Waals surface area contributed by atoms with E-state index in [2.05, 4.69) is 10.6 Å². The molecule has 2 heterocycles. The molecule has 1 aromatic carbocycles. The summed E-state index contributed by atoms with van der Waals surface area (Å²) in [5.41, 5.74) is 0. The van der Waals surface area contributed by atoms with E-state index >= 15 is 0 Å². The summed E-state index contributed by atoms with van der Waals surface area (Å²) in [5, 5.41) is 7.35. The van der Waals surface area contributed by atoms with Crippen molar-refractivity contribution in [2.45, 2.75) is 12.8 Å². The molecule has 2 aliphatic heterocycles. The molecule has 144 valence electrons. The number of hydrogen-bond donors (Lipinski definition) is 2. The Morgan fingerprint density at radius 3 is 2.65 bits per heavy atom. The van der Waals surface area contributed by atoms with Gasteiger partial charge < -0.3 is 20.3 Å². The van der Waals surface area contributed by atoms with Crippen LogP contribution >= 0.6 is 23.2 Å². The molecule has 0 aliphatic carbocycles. The minimum atomic E-state index is -0.0745. The summed E-state index contributed by atoms with van der Waals surface area (Å²) in [6.45, 7) is 4.65. The molecule has 2 saturated heterocycles. The largest absolute Gasteiger partial charge is 0.380 e. The molecule has 0 saturated carbocycles. The number of halogens is 2. The number of nitrogens with zero attached hydrogens (tertiary/aromatic N) is 1. The van der Waals surface area contributed by atoms with Crippen LogP contribution in [-0.4, -0.2) is 62.7 Å². The highest BCUT2D eigenvalue weighted by molar-refractivity contribution is 6.41. The normalized spacial score (nSPS) is 20.2. The molecule has 26 heavy (non-hydrogen) atoms. The van der Waals surface area contributed by atoms with E-state index in [9.17, 15) is 9.59 Å². The lowest BCUT2D eigenvalue weighted by Crippen LogP contribution is -2.41. The molecule has 2 amide bonds. The number of carbonyl (C=O) groups is 2. The van der Waals surface area contributed by atoms with E-state index in [1.165, 1.54) is 0 Å². The molecule has 2 N–H and O–H groups in total. The van der Waals surface area contributed by atoms with E-state index in [4.69, 9.17) is 27.9 Å². The number of nitrogens with one attached hydrogen (secondary N) is 2. The minimum absolute atomic E-state index is 0.0745. The van der Waals surface area contributed by atoms with Gasteiger partial charge in [-0.2, -0.15) is 0 Å². The Bertz CT molecular complexity index is 572. The maximum absolute atomic E-state index is 11.7. The zero-order valence-electron chi connectivity index (χ0n) is 14.7. The van der Waals surface area contributed by atoms with Crippen molar-refractivity contribution < 1.29 is 14.3 Å². The van der Waals surface area contributed by atoms with Crippen LogP contribution in [0.25, 0.3) is 0 Å². The van der Waals surface area contributed by atoms with Gasteiger partial charge in [-0.25, -0.2) is 0 Å². The SMILES string of the molecule is Clc1ccccc1Cl.O=C(CN1CCCC1=O)NCC1CNCCOC1. The molecule has 0 aromatic heterocycles. The standard InChI is InChI=1S/C12H21N3O3.C6H4Cl2/c16-11(8-15-4-1-2-12(15)17)14-7-10-6-13-3-5-18-9-10;7-5-3-1-2-4-6(5)8/h10,13H,1-9H2,(H,14,16);1-4H. The Balaban J connectivity index is 0.000000254. The Morgan fingerprint density at radius 1 is 1.31 bits per heavy atom. The van der Waals surface area contributed by atoms with E-state index < -0.39 is 0 Å². The van der Waals surface area contributed by atoms with Gasteiger partial charge in [0.1, 0.15) is 0 Å². The van der Waals surface area contributed by atoms with E-state index in [0.29, 0.717) is 42.1 Å². The Kier molecular flexibility index (Phi) is 9.18. The highest BCUT2D eigenvalue weighted by Crippen LogP contribution is 2.19. The second-order valence-corrected chi connectivity index (χ2v) is 7.10. The van der Waals surface area contributed by atoms with Crippen LogP contribution in [0.4, 0.5) is 0 Å². The first-order valence-corrected chi connectivity index (χ1v) is 9.55. The van der Waals surface area contributed by atoms with Crippen LogP contribution in [0.2, 0.25) is 10.0 Å². The molecule has 0 spiro atoms. The maximum atomic E-state index is 11.7. The molecule has 1 unspecified atom stereocenters. The molecule has 2 aliphatic rings. The van der Waals surface area contributed by atoms with Gasteiger partial charge in [0, 0.05) is 38.5 Å². The minimum Gasteiger partial charge on any atom is -0.380 e. The zero-order valence-corrected chi connectivity index (χ0v) is 16.2. The molecule has 2 fully saturated rings. The molecule has 8 heteroatoms.